The van der Waals surface area contributed by atoms with Gasteiger partial charge in [0.05, 0.1) is 6.26 Å². The molecule has 0 fully saturated rings. The van der Waals surface area contributed by atoms with Crippen LogP contribution in [0.5, 0.6) is 0 Å². The molecule has 1 aromatic rings. The molecule has 0 aliphatic heterocycles. The Morgan fingerprint density at radius 1 is 1.33 bits per heavy atom. The molecular weight excluding hydrogens is 228 g/mol. The van der Waals surface area contributed by atoms with E-state index in [9.17, 15) is 4.79 Å². The van der Waals surface area contributed by atoms with Gasteiger partial charge in [-0.1, -0.05) is 17.7 Å². The summed E-state index contributed by atoms with van der Waals surface area (Å²) in [6.07, 6.45) is 8.51. The van der Waals surface area contributed by atoms with Crippen LogP contribution in [0.4, 0.5) is 0 Å². The fraction of sp³-hybridized carbons (Fsp3) is 0.400. The molecule has 1 aromatic heterocycles. The smallest absolute Gasteiger partial charge is 0.331 e. The van der Waals surface area contributed by atoms with Crippen molar-refractivity contribution in [3.63, 3.8) is 0 Å². The average Bonchev–Trinajstić information content (AvgIpc) is 2.65. The number of hydrogen-bond donors (Lipinski definition) is 1. The molecular formula is C15H18O3. The van der Waals surface area contributed by atoms with Gasteiger partial charge < -0.3 is 9.52 Å². The van der Waals surface area contributed by atoms with Crippen LogP contribution < -0.4 is 0 Å². The molecule has 0 bridgehead atoms. The van der Waals surface area contributed by atoms with E-state index < -0.39 is 5.97 Å². The summed E-state index contributed by atoms with van der Waals surface area (Å²) in [7, 11) is 0. The van der Waals surface area contributed by atoms with E-state index in [0.29, 0.717) is 18.4 Å². The molecule has 0 spiro atoms. The van der Waals surface area contributed by atoms with E-state index in [1.54, 1.807) is 6.26 Å². The number of aryl methyl sites for hydroxylation is 1. The van der Waals surface area contributed by atoms with Crippen molar-refractivity contribution in [1.29, 1.82) is 0 Å². The van der Waals surface area contributed by atoms with Gasteiger partial charge in [-0.3, -0.25) is 0 Å². The second kappa shape index (κ2) is 5.25. The largest absolute Gasteiger partial charge is 0.478 e. The van der Waals surface area contributed by atoms with E-state index in [-0.39, 0.29) is 0 Å². The van der Waals surface area contributed by atoms with Crippen LogP contribution in [0.2, 0.25) is 0 Å². The van der Waals surface area contributed by atoms with E-state index in [1.165, 1.54) is 5.57 Å². The van der Waals surface area contributed by atoms with Crippen molar-refractivity contribution in [2.24, 2.45) is 0 Å². The van der Waals surface area contributed by atoms with Crippen LogP contribution in [-0.4, -0.2) is 11.1 Å². The predicted octanol–water partition coefficient (Wildman–Crippen LogP) is 3.42. The lowest BCUT2D eigenvalue weighted by molar-refractivity contribution is -0.132. The monoisotopic (exact) mass is 246 g/mol. The van der Waals surface area contributed by atoms with Gasteiger partial charge >= 0.3 is 5.97 Å². The molecule has 96 valence electrons. The van der Waals surface area contributed by atoms with Crippen molar-refractivity contribution in [1.82, 2.24) is 0 Å². The highest BCUT2D eigenvalue weighted by atomic mass is 16.4. The van der Waals surface area contributed by atoms with Gasteiger partial charge in [-0.25, -0.2) is 4.79 Å². The zero-order valence-corrected chi connectivity index (χ0v) is 10.8. The van der Waals surface area contributed by atoms with Gasteiger partial charge in [-0.2, -0.15) is 0 Å². The molecule has 0 amide bonds. The van der Waals surface area contributed by atoms with Crippen molar-refractivity contribution in [2.75, 3.05) is 0 Å². The van der Waals surface area contributed by atoms with Gasteiger partial charge in [-0.15, -0.1) is 0 Å². The third-order valence-corrected chi connectivity index (χ3v) is 3.36. The number of carboxylic acid groups (broad SMARTS) is 1. The van der Waals surface area contributed by atoms with E-state index in [1.807, 2.05) is 13.0 Å². The first kappa shape index (κ1) is 12.7. The minimum atomic E-state index is -0.815. The van der Waals surface area contributed by atoms with Crippen LogP contribution >= 0.6 is 0 Å². The van der Waals surface area contributed by atoms with E-state index in [2.05, 4.69) is 13.0 Å². The molecule has 3 nitrogen and oxygen atoms in total. The Morgan fingerprint density at radius 3 is 2.83 bits per heavy atom. The molecule has 0 radical (unpaired) electrons. The van der Waals surface area contributed by atoms with Crippen LogP contribution in [0, 0.1) is 6.92 Å². The molecule has 0 atom stereocenters. The summed E-state index contributed by atoms with van der Waals surface area (Å²) in [5, 5.41) is 9.14. The minimum Gasteiger partial charge on any atom is -0.478 e. The summed E-state index contributed by atoms with van der Waals surface area (Å²) in [5.41, 5.74) is 3.95. The van der Waals surface area contributed by atoms with Crippen molar-refractivity contribution in [3.8, 4) is 0 Å². The van der Waals surface area contributed by atoms with Gasteiger partial charge in [0, 0.05) is 17.6 Å². The second-order valence-corrected chi connectivity index (χ2v) is 4.83. The highest BCUT2D eigenvalue weighted by molar-refractivity contribution is 5.86. The maximum atomic E-state index is 11.1. The fourth-order valence-electron chi connectivity index (χ4n) is 2.27. The molecule has 0 saturated heterocycles. The summed E-state index contributed by atoms with van der Waals surface area (Å²) in [4.78, 5) is 11.1. The summed E-state index contributed by atoms with van der Waals surface area (Å²) in [5.74, 6) is 0.147. The molecule has 18 heavy (non-hydrogen) atoms. The lowest BCUT2D eigenvalue weighted by Gasteiger charge is -2.07. The van der Waals surface area contributed by atoms with Gasteiger partial charge in [0.25, 0.3) is 0 Å². The molecule has 3 heteroatoms. The normalized spacial score (nSPS) is 16.6. The summed E-state index contributed by atoms with van der Waals surface area (Å²) < 4.78 is 5.57. The van der Waals surface area contributed by atoms with E-state index in [0.717, 1.165) is 29.7 Å². The Kier molecular flexibility index (Phi) is 3.70. The zero-order chi connectivity index (χ0) is 13.1. The second-order valence-electron chi connectivity index (χ2n) is 4.83. The average molecular weight is 246 g/mol. The van der Waals surface area contributed by atoms with Crippen molar-refractivity contribution in [2.45, 2.75) is 39.5 Å². The highest BCUT2D eigenvalue weighted by Crippen LogP contribution is 2.23. The molecule has 0 saturated carbocycles. The fourth-order valence-corrected chi connectivity index (χ4v) is 2.27. The van der Waals surface area contributed by atoms with Crippen LogP contribution in [0.15, 0.2) is 34.0 Å². The van der Waals surface area contributed by atoms with Crippen LogP contribution in [-0.2, 0) is 17.6 Å². The van der Waals surface area contributed by atoms with Crippen molar-refractivity contribution >= 4 is 5.97 Å². The first-order valence-electron chi connectivity index (χ1n) is 6.21. The standard InChI is InChI=1S/C15H18O3/c1-10-4-3-5-12(15(16)17)6-7-13-11(2)9-18-14(13)8-10/h4,6,9H,3,5,7-8H2,1-2H3,(H,16,17). The molecule has 2 rings (SSSR count). The number of aliphatic carboxylic acids is 1. The van der Waals surface area contributed by atoms with Gasteiger partial charge in [0.15, 0.2) is 0 Å². The van der Waals surface area contributed by atoms with Crippen LogP contribution in [0.25, 0.3) is 0 Å². The first-order chi connectivity index (χ1) is 8.58. The third kappa shape index (κ3) is 2.73. The van der Waals surface area contributed by atoms with Gasteiger partial charge in [0.2, 0.25) is 0 Å². The number of rotatable bonds is 1. The Bertz CT molecular complexity index is 518. The Hall–Kier alpha value is -1.77. The maximum absolute atomic E-state index is 11.1. The van der Waals surface area contributed by atoms with E-state index in [4.69, 9.17) is 9.52 Å². The van der Waals surface area contributed by atoms with Crippen molar-refractivity contribution < 1.29 is 14.3 Å². The topological polar surface area (TPSA) is 50.4 Å². The number of hydrogen-bond acceptors (Lipinski definition) is 2. The zero-order valence-electron chi connectivity index (χ0n) is 10.8. The third-order valence-electron chi connectivity index (χ3n) is 3.36. The SMILES string of the molecule is CC1=CCCC(C(=O)O)=CCc2c(C)coc2C1. The molecule has 1 N–H and O–H groups in total. The lowest BCUT2D eigenvalue weighted by Crippen LogP contribution is -2.03. The summed E-state index contributed by atoms with van der Waals surface area (Å²) in [6.45, 7) is 4.06. The Morgan fingerprint density at radius 2 is 2.11 bits per heavy atom. The number of allylic oxidation sites excluding steroid dienone is 3. The van der Waals surface area contributed by atoms with Gasteiger partial charge in [0.1, 0.15) is 5.76 Å². The predicted molar refractivity (Wildman–Crippen MR) is 69.6 cm³/mol. The Labute approximate surface area is 107 Å². The molecule has 0 aromatic carbocycles. The maximum Gasteiger partial charge on any atom is 0.331 e. The van der Waals surface area contributed by atoms with Gasteiger partial charge in [-0.05, 0) is 38.7 Å². The first-order valence-corrected chi connectivity index (χ1v) is 6.21. The number of fused-ring (bicyclic) bond motifs is 1. The van der Waals surface area contributed by atoms with Crippen molar-refractivity contribution in [3.05, 3.63) is 46.4 Å². The summed E-state index contributed by atoms with van der Waals surface area (Å²) >= 11 is 0. The molecule has 1 heterocycles. The Balaban J connectivity index is 2.38. The molecule has 1 aliphatic carbocycles. The molecule has 1 aliphatic rings. The highest BCUT2D eigenvalue weighted by Gasteiger charge is 2.14. The number of carbonyl (C=O) groups is 1. The van der Waals surface area contributed by atoms with Crippen LogP contribution in [0.1, 0.15) is 36.7 Å². The van der Waals surface area contributed by atoms with E-state index >= 15 is 0 Å². The lowest BCUT2D eigenvalue weighted by atomic mass is 9.98. The number of carboxylic acids is 1. The van der Waals surface area contributed by atoms with Crippen LogP contribution in [0.3, 0.4) is 0 Å². The summed E-state index contributed by atoms with van der Waals surface area (Å²) in [6, 6.07) is 0. The number of furan rings is 1. The quantitative estimate of drug-likeness (QED) is 0.772. The molecule has 0 unspecified atom stereocenters. The minimum absolute atomic E-state index is 0.493.